The predicted molar refractivity (Wildman–Crippen MR) is 128 cm³/mol. The maximum Gasteiger partial charge on any atom is 0.316 e. The van der Waals surface area contributed by atoms with Gasteiger partial charge in [0.15, 0.2) is 0 Å². The number of fused-ring (bicyclic) bond motifs is 1. The van der Waals surface area contributed by atoms with Gasteiger partial charge in [-0.3, -0.25) is 19.2 Å². The molecule has 3 fully saturated rings. The van der Waals surface area contributed by atoms with Crippen LogP contribution >= 0.6 is 11.6 Å². The van der Waals surface area contributed by atoms with Gasteiger partial charge in [-0.25, -0.2) is 4.90 Å². The SMILES string of the molecule is COc1ccc(Cl)cc1N1C[C@H](C(=O)Oc2cccc(N3C(=O)[C@H]4CCCC[C@@H]4C3=O)c2)CC1=O. The largest absolute Gasteiger partial charge is 0.495 e. The number of carbonyl (C=O) groups excluding carboxylic acids is 4. The average molecular weight is 497 g/mol. The molecule has 35 heavy (non-hydrogen) atoms. The van der Waals surface area contributed by atoms with Gasteiger partial charge in [-0.2, -0.15) is 0 Å². The second kappa shape index (κ2) is 9.34. The molecule has 0 radical (unpaired) electrons. The molecule has 182 valence electrons. The van der Waals surface area contributed by atoms with Gasteiger partial charge < -0.3 is 14.4 Å². The van der Waals surface area contributed by atoms with E-state index >= 15 is 0 Å². The highest BCUT2D eigenvalue weighted by molar-refractivity contribution is 6.31. The second-order valence-electron chi connectivity index (χ2n) is 9.15. The van der Waals surface area contributed by atoms with Crippen molar-refractivity contribution in [3.8, 4) is 11.5 Å². The lowest BCUT2D eigenvalue weighted by atomic mass is 9.81. The fourth-order valence-electron chi connectivity index (χ4n) is 5.27. The van der Waals surface area contributed by atoms with Crippen LogP contribution < -0.4 is 19.3 Å². The summed E-state index contributed by atoms with van der Waals surface area (Å²) in [5.41, 5.74) is 0.891. The Morgan fingerprint density at radius 3 is 2.40 bits per heavy atom. The highest BCUT2D eigenvalue weighted by Crippen LogP contribution is 2.41. The number of rotatable bonds is 5. The second-order valence-corrected chi connectivity index (χ2v) is 9.59. The first-order chi connectivity index (χ1) is 16.9. The minimum atomic E-state index is -0.687. The molecular weight excluding hydrogens is 472 g/mol. The summed E-state index contributed by atoms with van der Waals surface area (Å²) < 4.78 is 10.9. The maximum absolute atomic E-state index is 12.9. The summed E-state index contributed by atoms with van der Waals surface area (Å²) in [6.45, 7) is 0.126. The topological polar surface area (TPSA) is 93.2 Å². The normalized spacial score (nSPS) is 24.1. The smallest absolute Gasteiger partial charge is 0.316 e. The number of amides is 3. The molecular formula is C26H25ClN2O6. The Labute approximate surface area is 207 Å². The summed E-state index contributed by atoms with van der Waals surface area (Å²) in [5.74, 6) is -1.69. The van der Waals surface area contributed by atoms with Crippen molar-refractivity contribution in [3.05, 3.63) is 47.5 Å². The monoisotopic (exact) mass is 496 g/mol. The Kier molecular flexibility index (Phi) is 6.23. The Morgan fingerprint density at radius 2 is 1.71 bits per heavy atom. The van der Waals surface area contributed by atoms with E-state index in [4.69, 9.17) is 21.1 Å². The molecule has 0 N–H and O–H groups in total. The van der Waals surface area contributed by atoms with Crippen LogP contribution in [0.1, 0.15) is 32.1 Å². The number of esters is 1. The molecule has 1 saturated carbocycles. The maximum atomic E-state index is 12.9. The van der Waals surface area contributed by atoms with Gasteiger partial charge in [0, 0.05) is 24.1 Å². The van der Waals surface area contributed by atoms with Gasteiger partial charge >= 0.3 is 5.97 Å². The summed E-state index contributed by atoms with van der Waals surface area (Å²) in [7, 11) is 1.50. The van der Waals surface area contributed by atoms with E-state index in [9.17, 15) is 19.2 Å². The highest BCUT2D eigenvalue weighted by Gasteiger charge is 2.48. The van der Waals surface area contributed by atoms with Crippen molar-refractivity contribution < 1.29 is 28.7 Å². The van der Waals surface area contributed by atoms with Gasteiger partial charge in [0.1, 0.15) is 11.5 Å². The third-order valence-electron chi connectivity index (χ3n) is 7.03. The quantitative estimate of drug-likeness (QED) is 0.353. The van der Waals surface area contributed by atoms with Crippen LogP contribution in [-0.2, 0) is 19.2 Å². The third-order valence-corrected chi connectivity index (χ3v) is 7.26. The fraction of sp³-hybridized carbons (Fsp3) is 0.385. The minimum Gasteiger partial charge on any atom is -0.495 e. The van der Waals surface area contributed by atoms with Gasteiger partial charge in [0.05, 0.1) is 36.2 Å². The Balaban J connectivity index is 1.30. The molecule has 2 aromatic rings. The number of nitrogens with zero attached hydrogens (tertiary/aromatic N) is 2. The summed E-state index contributed by atoms with van der Waals surface area (Å²) in [5, 5.41) is 0.447. The first kappa shape index (κ1) is 23.4. The van der Waals surface area contributed by atoms with Gasteiger partial charge in [-0.15, -0.1) is 0 Å². The van der Waals surface area contributed by atoms with Crippen LogP contribution in [0.2, 0.25) is 5.02 Å². The summed E-state index contributed by atoms with van der Waals surface area (Å²) in [6.07, 6.45) is 3.34. The lowest BCUT2D eigenvalue weighted by Crippen LogP contribution is -2.31. The number of benzene rings is 2. The van der Waals surface area contributed by atoms with Crippen LogP contribution in [0.3, 0.4) is 0 Å². The van der Waals surface area contributed by atoms with E-state index in [2.05, 4.69) is 0 Å². The summed E-state index contributed by atoms with van der Waals surface area (Å²) in [4.78, 5) is 54.1. The van der Waals surface area contributed by atoms with Crippen molar-refractivity contribution in [2.45, 2.75) is 32.1 Å². The van der Waals surface area contributed by atoms with Crippen LogP contribution in [0, 0.1) is 17.8 Å². The standard InChI is InChI=1S/C26H25ClN2O6/c1-34-22-10-9-16(27)12-21(22)28-14-15(11-23(28)30)26(33)35-18-6-4-5-17(13-18)29-24(31)19-7-2-3-8-20(19)25(29)32/h4-6,9-10,12-13,15,19-20H,2-3,7-8,11,14H2,1H3/t15-,19+,20+/m1/s1. The van der Waals surface area contributed by atoms with E-state index in [1.165, 1.54) is 23.0 Å². The van der Waals surface area contributed by atoms with Gasteiger partial charge in [0.25, 0.3) is 0 Å². The molecule has 2 heterocycles. The van der Waals surface area contributed by atoms with Crippen LogP contribution in [0.5, 0.6) is 11.5 Å². The van der Waals surface area contributed by atoms with Crippen molar-refractivity contribution in [2.75, 3.05) is 23.5 Å². The van der Waals surface area contributed by atoms with Crippen LogP contribution in [0.25, 0.3) is 0 Å². The molecule has 9 heteroatoms. The molecule has 5 rings (SSSR count). The zero-order valence-corrected chi connectivity index (χ0v) is 20.0. The molecule has 1 aliphatic carbocycles. The number of halogens is 1. The third kappa shape index (κ3) is 4.27. The van der Waals surface area contributed by atoms with Crippen molar-refractivity contribution in [2.24, 2.45) is 17.8 Å². The first-order valence-electron chi connectivity index (χ1n) is 11.7. The van der Waals surface area contributed by atoms with E-state index < -0.39 is 11.9 Å². The van der Waals surface area contributed by atoms with Crippen molar-refractivity contribution >= 4 is 46.7 Å². The Morgan fingerprint density at radius 1 is 1.00 bits per heavy atom. The molecule has 0 spiro atoms. The molecule has 2 aliphatic heterocycles. The zero-order valence-electron chi connectivity index (χ0n) is 19.2. The van der Waals surface area contributed by atoms with Crippen LogP contribution in [-0.4, -0.2) is 37.3 Å². The Bertz CT molecular complexity index is 1190. The molecule has 8 nitrogen and oxygen atoms in total. The lowest BCUT2D eigenvalue weighted by Gasteiger charge is -2.20. The molecule has 3 aliphatic rings. The number of hydrogen-bond acceptors (Lipinski definition) is 6. The summed E-state index contributed by atoms with van der Waals surface area (Å²) in [6, 6.07) is 11.4. The van der Waals surface area contributed by atoms with E-state index in [-0.39, 0.29) is 48.3 Å². The fourth-order valence-corrected chi connectivity index (χ4v) is 5.44. The first-order valence-corrected chi connectivity index (χ1v) is 12.1. The number of methoxy groups -OCH3 is 1. The summed E-state index contributed by atoms with van der Waals surface area (Å²) >= 11 is 6.10. The van der Waals surface area contributed by atoms with Gasteiger partial charge in [0.2, 0.25) is 17.7 Å². The Hall–Kier alpha value is -3.39. The molecule has 0 unspecified atom stereocenters. The highest BCUT2D eigenvalue weighted by atomic mass is 35.5. The number of imide groups is 1. The molecule has 0 bridgehead atoms. The van der Waals surface area contributed by atoms with Gasteiger partial charge in [-0.1, -0.05) is 30.5 Å². The van der Waals surface area contributed by atoms with Crippen molar-refractivity contribution in [1.29, 1.82) is 0 Å². The number of hydrogen-bond donors (Lipinski definition) is 0. The van der Waals surface area contributed by atoms with Crippen molar-refractivity contribution in [1.82, 2.24) is 0 Å². The van der Waals surface area contributed by atoms with Crippen LogP contribution in [0.4, 0.5) is 11.4 Å². The van der Waals surface area contributed by atoms with E-state index in [0.717, 1.165) is 25.7 Å². The average Bonchev–Trinajstić information content (AvgIpc) is 3.37. The van der Waals surface area contributed by atoms with Crippen LogP contribution in [0.15, 0.2) is 42.5 Å². The lowest BCUT2D eigenvalue weighted by molar-refractivity contribution is -0.139. The number of ether oxygens (including phenoxy) is 2. The predicted octanol–water partition coefficient (Wildman–Crippen LogP) is 3.99. The minimum absolute atomic E-state index is 0.0132. The van der Waals surface area contributed by atoms with E-state index in [1.54, 1.807) is 36.4 Å². The van der Waals surface area contributed by atoms with Gasteiger partial charge in [-0.05, 0) is 43.2 Å². The zero-order chi connectivity index (χ0) is 24.7. The van der Waals surface area contributed by atoms with Crippen molar-refractivity contribution in [3.63, 3.8) is 0 Å². The molecule has 3 atom stereocenters. The molecule has 3 amide bonds. The molecule has 2 saturated heterocycles. The molecule has 2 aromatic carbocycles. The number of anilines is 2. The van der Waals surface area contributed by atoms with E-state index in [1.807, 2.05) is 0 Å². The number of carbonyl (C=O) groups is 4. The molecule has 0 aromatic heterocycles. The van der Waals surface area contributed by atoms with E-state index in [0.29, 0.717) is 22.1 Å².